The van der Waals surface area contributed by atoms with Gasteiger partial charge < -0.3 is 13.7 Å². The SMILES string of the molecule is c1ccc(-c2ccc(N(c3ccc(-c4cccc5c4oc4ccccc45)cc3)c3cc(-c4ccccc4)cc(-c4ccc5oc6ccccc6c5c4)c3)cc2)cc1. The Labute approximate surface area is 330 Å². The maximum absolute atomic E-state index is 6.44. The zero-order chi connectivity index (χ0) is 37.7. The number of nitrogens with zero attached hydrogens (tertiary/aromatic N) is 1. The topological polar surface area (TPSA) is 29.5 Å². The van der Waals surface area contributed by atoms with Crippen LogP contribution in [0.1, 0.15) is 0 Å². The van der Waals surface area contributed by atoms with Gasteiger partial charge in [-0.1, -0.05) is 146 Å². The monoisotopic (exact) mass is 729 g/mol. The van der Waals surface area contributed by atoms with Crippen LogP contribution in [0.4, 0.5) is 17.1 Å². The zero-order valence-electron chi connectivity index (χ0n) is 31.0. The van der Waals surface area contributed by atoms with E-state index >= 15 is 0 Å². The summed E-state index contributed by atoms with van der Waals surface area (Å²) < 4.78 is 12.7. The lowest BCUT2D eigenvalue weighted by molar-refractivity contribution is 0.669. The van der Waals surface area contributed by atoms with Crippen LogP contribution >= 0.6 is 0 Å². The Kier molecular flexibility index (Phi) is 7.82. The summed E-state index contributed by atoms with van der Waals surface area (Å²) in [6.45, 7) is 0. The van der Waals surface area contributed by atoms with Crippen molar-refractivity contribution in [3.63, 3.8) is 0 Å². The number of para-hydroxylation sites is 3. The summed E-state index contributed by atoms with van der Waals surface area (Å²) in [4.78, 5) is 2.36. The van der Waals surface area contributed by atoms with Gasteiger partial charge in [0.25, 0.3) is 0 Å². The highest BCUT2D eigenvalue weighted by molar-refractivity contribution is 6.10. The third kappa shape index (κ3) is 5.85. The molecule has 3 heteroatoms. The molecular weight excluding hydrogens is 695 g/mol. The van der Waals surface area contributed by atoms with Gasteiger partial charge in [-0.25, -0.2) is 0 Å². The Morgan fingerprint density at radius 1 is 0.263 bits per heavy atom. The molecule has 0 saturated carbocycles. The van der Waals surface area contributed by atoms with Gasteiger partial charge in [0.05, 0.1) is 0 Å². The highest BCUT2D eigenvalue weighted by Crippen LogP contribution is 2.43. The van der Waals surface area contributed by atoms with Crippen molar-refractivity contribution in [3.05, 3.63) is 212 Å². The lowest BCUT2D eigenvalue weighted by Crippen LogP contribution is -2.10. The van der Waals surface area contributed by atoms with Crippen LogP contribution in [0.3, 0.4) is 0 Å². The molecule has 0 spiro atoms. The lowest BCUT2D eigenvalue weighted by atomic mass is 9.96. The minimum absolute atomic E-state index is 0.887. The molecule has 268 valence electrons. The molecule has 0 aliphatic rings. The summed E-state index contributed by atoms with van der Waals surface area (Å²) in [5.74, 6) is 0. The van der Waals surface area contributed by atoms with E-state index < -0.39 is 0 Å². The van der Waals surface area contributed by atoms with Gasteiger partial charge in [0.2, 0.25) is 0 Å². The highest BCUT2D eigenvalue weighted by Gasteiger charge is 2.18. The van der Waals surface area contributed by atoms with Gasteiger partial charge in [0, 0.05) is 44.2 Å². The first-order valence-electron chi connectivity index (χ1n) is 19.3. The van der Waals surface area contributed by atoms with Crippen LogP contribution in [0.5, 0.6) is 0 Å². The number of fused-ring (bicyclic) bond motifs is 6. The minimum Gasteiger partial charge on any atom is -0.456 e. The average molecular weight is 730 g/mol. The molecule has 11 aromatic rings. The lowest BCUT2D eigenvalue weighted by Gasteiger charge is -2.27. The van der Waals surface area contributed by atoms with Gasteiger partial charge in [-0.2, -0.15) is 0 Å². The quantitative estimate of drug-likeness (QED) is 0.164. The van der Waals surface area contributed by atoms with Crippen molar-refractivity contribution in [1.29, 1.82) is 0 Å². The summed E-state index contributed by atoms with van der Waals surface area (Å²) in [6, 6.07) is 75.3. The van der Waals surface area contributed by atoms with E-state index in [0.29, 0.717) is 0 Å². The Morgan fingerprint density at radius 2 is 0.754 bits per heavy atom. The maximum Gasteiger partial charge on any atom is 0.143 e. The zero-order valence-corrected chi connectivity index (χ0v) is 31.0. The van der Waals surface area contributed by atoms with Crippen LogP contribution < -0.4 is 4.90 Å². The number of furan rings is 2. The van der Waals surface area contributed by atoms with E-state index in [1.807, 2.05) is 24.3 Å². The molecule has 11 rings (SSSR count). The summed E-state index contributed by atoms with van der Waals surface area (Å²) in [5.41, 5.74) is 15.8. The first-order valence-corrected chi connectivity index (χ1v) is 19.3. The summed E-state index contributed by atoms with van der Waals surface area (Å²) in [7, 11) is 0. The third-order valence-electron chi connectivity index (χ3n) is 11.1. The van der Waals surface area contributed by atoms with Crippen LogP contribution in [0.25, 0.3) is 88.4 Å². The highest BCUT2D eigenvalue weighted by atomic mass is 16.3. The van der Waals surface area contributed by atoms with Gasteiger partial charge in [-0.15, -0.1) is 0 Å². The molecule has 0 aliphatic carbocycles. The van der Waals surface area contributed by atoms with E-state index in [0.717, 1.165) is 94.3 Å². The van der Waals surface area contributed by atoms with Crippen molar-refractivity contribution in [2.75, 3.05) is 4.90 Å². The van der Waals surface area contributed by atoms with E-state index in [-0.39, 0.29) is 0 Å². The van der Waals surface area contributed by atoms with Crippen molar-refractivity contribution >= 4 is 60.9 Å². The molecule has 0 aliphatic heterocycles. The normalized spacial score (nSPS) is 11.5. The van der Waals surface area contributed by atoms with Crippen molar-refractivity contribution in [2.45, 2.75) is 0 Å². The molecule has 0 bridgehead atoms. The molecule has 3 nitrogen and oxygen atoms in total. The molecule has 0 saturated heterocycles. The fourth-order valence-electron chi connectivity index (χ4n) is 8.26. The molecule has 0 atom stereocenters. The fourth-order valence-corrected chi connectivity index (χ4v) is 8.26. The average Bonchev–Trinajstić information content (AvgIpc) is 3.86. The first-order chi connectivity index (χ1) is 28.2. The predicted molar refractivity (Wildman–Crippen MR) is 237 cm³/mol. The van der Waals surface area contributed by atoms with E-state index in [1.165, 1.54) is 11.1 Å². The van der Waals surface area contributed by atoms with Crippen molar-refractivity contribution in [1.82, 2.24) is 0 Å². The van der Waals surface area contributed by atoms with Crippen molar-refractivity contribution in [3.8, 4) is 44.5 Å². The third-order valence-corrected chi connectivity index (χ3v) is 11.1. The van der Waals surface area contributed by atoms with Crippen molar-refractivity contribution < 1.29 is 8.83 Å². The number of hydrogen-bond donors (Lipinski definition) is 0. The predicted octanol–water partition coefficient (Wildman–Crippen LogP) is 15.6. The Bertz CT molecular complexity index is 3210. The molecule has 0 amide bonds. The Morgan fingerprint density at radius 3 is 1.44 bits per heavy atom. The van der Waals surface area contributed by atoms with Crippen LogP contribution in [0, 0.1) is 0 Å². The molecule has 9 aromatic carbocycles. The number of rotatable bonds is 7. The van der Waals surface area contributed by atoms with Crippen LogP contribution in [-0.2, 0) is 0 Å². The number of hydrogen-bond acceptors (Lipinski definition) is 3. The van der Waals surface area contributed by atoms with Gasteiger partial charge in [-0.3, -0.25) is 0 Å². The fraction of sp³-hybridized carbons (Fsp3) is 0. The summed E-state index contributed by atoms with van der Waals surface area (Å²) >= 11 is 0. The molecule has 0 radical (unpaired) electrons. The van der Waals surface area contributed by atoms with Gasteiger partial charge in [-0.05, 0) is 106 Å². The van der Waals surface area contributed by atoms with Crippen LogP contribution in [0.2, 0.25) is 0 Å². The van der Waals surface area contributed by atoms with Gasteiger partial charge in [0.1, 0.15) is 22.3 Å². The Balaban J connectivity index is 1.08. The molecule has 0 fully saturated rings. The smallest absolute Gasteiger partial charge is 0.143 e. The molecular formula is C54H35NO2. The molecule has 57 heavy (non-hydrogen) atoms. The first kappa shape index (κ1) is 32.8. The second-order valence-corrected chi connectivity index (χ2v) is 14.5. The van der Waals surface area contributed by atoms with Gasteiger partial charge >= 0.3 is 0 Å². The summed E-state index contributed by atoms with van der Waals surface area (Å²) in [5, 5.41) is 4.48. The summed E-state index contributed by atoms with van der Waals surface area (Å²) in [6.07, 6.45) is 0. The second-order valence-electron chi connectivity index (χ2n) is 14.5. The van der Waals surface area contributed by atoms with E-state index in [9.17, 15) is 0 Å². The number of benzene rings is 9. The molecule has 2 aromatic heterocycles. The van der Waals surface area contributed by atoms with Crippen LogP contribution in [-0.4, -0.2) is 0 Å². The molecule has 0 unspecified atom stereocenters. The van der Waals surface area contributed by atoms with Crippen LogP contribution in [0.15, 0.2) is 221 Å². The second kappa shape index (κ2) is 13.6. The number of anilines is 3. The molecule has 2 heterocycles. The standard InChI is InChI=1S/C54H35NO2/c1-3-12-36(13-4-1)38-22-27-43(28-23-38)55(44-29-24-39(25-30-44)46-18-11-19-49-47-16-7-10-21-52(47)57-54(46)49)45-33-41(37-14-5-2-6-15-37)32-42(34-45)40-26-31-53-50(35-40)48-17-8-9-20-51(48)56-53/h1-35H. The Hall–Kier alpha value is -7.62. The van der Waals surface area contributed by atoms with E-state index in [2.05, 4.69) is 193 Å². The molecule has 0 N–H and O–H groups in total. The van der Waals surface area contributed by atoms with E-state index in [1.54, 1.807) is 0 Å². The largest absolute Gasteiger partial charge is 0.456 e. The van der Waals surface area contributed by atoms with E-state index in [4.69, 9.17) is 8.83 Å². The van der Waals surface area contributed by atoms with Gasteiger partial charge in [0.15, 0.2) is 0 Å². The van der Waals surface area contributed by atoms with Crippen molar-refractivity contribution in [2.24, 2.45) is 0 Å². The minimum atomic E-state index is 0.887. The maximum atomic E-state index is 6.44.